The Hall–Kier alpha value is -1.34. The lowest BCUT2D eigenvalue weighted by Crippen LogP contribution is -2.40. The van der Waals surface area contributed by atoms with Crippen LogP contribution in [0.25, 0.3) is 0 Å². The number of methoxy groups -OCH3 is 1. The number of nitrogens with zero attached hydrogens (tertiary/aromatic N) is 2. The van der Waals surface area contributed by atoms with Crippen LogP contribution < -0.4 is 10.6 Å². The second-order valence-electron chi connectivity index (χ2n) is 6.28. The van der Waals surface area contributed by atoms with Crippen molar-refractivity contribution in [3.8, 4) is 0 Å². The summed E-state index contributed by atoms with van der Waals surface area (Å²) in [6.45, 7) is 2.90. The van der Waals surface area contributed by atoms with E-state index in [-0.39, 0.29) is 12.5 Å². The van der Waals surface area contributed by atoms with E-state index in [0.717, 1.165) is 19.6 Å². The number of likely N-dealkylation sites (N-methyl/N-ethyl adjacent to an activating group) is 1. The van der Waals surface area contributed by atoms with Crippen molar-refractivity contribution in [2.24, 2.45) is 4.99 Å². The predicted molar refractivity (Wildman–Crippen MR) is 96.3 cm³/mol. The van der Waals surface area contributed by atoms with Gasteiger partial charge in [0.25, 0.3) is 0 Å². The van der Waals surface area contributed by atoms with Gasteiger partial charge in [0.1, 0.15) is 6.54 Å². The van der Waals surface area contributed by atoms with E-state index in [1.165, 1.54) is 37.0 Å². The SMILES string of the molecule is COCCNC(=NCC(=O)N(C)C)NCCCOC1CCCCC1. The molecule has 140 valence electrons. The minimum Gasteiger partial charge on any atom is -0.383 e. The van der Waals surface area contributed by atoms with E-state index in [2.05, 4.69) is 15.6 Å². The summed E-state index contributed by atoms with van der Waals surface area (Å²) in [6.07, 6.45) is 7.70. The van der Waals surface area contributed by atoms with Crippen LogP contribution in [0.15, 0.2) is 4.99 Å². The van der Waals surface area contributed by atoms with Gasteiger partial charge in [0.05, 0.1) is 12.7 Å². The number of amides is 1. The van der Waals surface area contributed by atoms with Crippen molar-refractivity contribution < 1.29 is 14.3 Å². The first-order valence-corrected chi connectivity index (χ1v) is 8.96. The minimum atomic E-state index is -0.0246. The van der Waals surface area contributed by atoms with Crippen molar-refractivity contribution in [2.75, 3.05) is 54.1 Å². The summed E-state index contributed by atoms with van der Waals surface area (Å²) in [4.78, 5) is 17.5. The number of rotatable bonds is 10. The Kier molecular flexibility index (Phi) is 11.2. The normalized spacial score (nSPS) is 16.0. The number of nitrogens with one attached hydrogen (secondary N) is 2. The van der Waals surface area contributed by atoms with Gasteiger partial charge in [0.15, 0.2) is 5.96 Å². The van der Waals surface area contributed by atoms with Crippen molar-refractivity contribution in [3.05, 3.63) is 0 Å². The van der Waals surface area contributed by atoms with Gasteiger partial charge in [-0.3, -0.25) is 4.79 Å². The average Bonchev–Trinajstić information content (AvgIpc) is 2.59. The van der Waals surface area contributed by atoms with Gasteiger partial charge < -0.3 is 25.0 Å². The molecule has 1 fully saturated rings. The Morgan fingerprint density at radius 2 is 1.83 bits per heavy atom. The number of ether oxygens (including phenoxy) is 2. The van der Waals surface area contributed by atoms with Crippen LogP contribution in [-0.2, 0) is 14.3 Å². The van der Waals surface area contributed by atoms with Gasteiger partial charge in [-0.25, -0.2) is 4.99 Å². The highest BCUT2D eigenvalue weighted by Gasteiger charge is 2.13. The zero-order valence-corrected chi connectivity index (χ0v) is 15.5. The Bertz CT molecular complexity index is 369. The lowest BCUT2D eigenvalue weighted by molar-refractivity contribution is -0.127. The van der Waals surface area contributed by atoms with Crippen LogP contribution >= 0.6 is 0 Å². The third kappa shape index (κ3) is 9.72. The molecule has 7 heteroatoms. The minimum absolute atomic E-state index is 0.0246. The molecule has 0 spiro atoms. The molecule has 0 aromatic carbocycles. The molecular weight excluding hydrogens is 308 g/mol. The molecule has 0 atom stereocenters. The highest BCUT2D eigenvalue weighted by atomic mass is 16.5. The summed E-state index contributed by atoms with van der Waals surface area (Å²) in [5.41, 5.74) is 0. The maximum absolute atomic E-state index is 11.6. The van der Waals surface area contributed by atoms with Gasteiger partial charge in [0.2, 0.25) is 5.91 Å². The molecule has 0 unspecified atom stereocenters. The summed E-state index contributed by atoms with van der Waals surface area (Å²) in [7, 11) is 5.11. The molecule has 0 radical (unpaired) electrons. The lowest BCUT2D eigenvalue weighted by Gasteiger charge is -2.22. The van der Waals surface area contributed by atoms with E-state index < -0.39 is 0 Å². The smallest absolute Gasteiger partial charge is 0.243 e. The van der Waals surface area contributed by atoms with Crippen LogP contribution in [0.2, 0.25) is 0 Å². The van der Waals surface area contributed by atoms with Gasteiger partial charge >= 0.3 is 0 Å². The van der Waals surface area contributed by atoms with Crippen molar-refractivity contribution >= 4 is 11.9 Å². The zero-order valence-electron chi connectivity index (χ0n) is 15.5. The van der Waals surface area contributed by atoms with Gasteiger partial charge in [-0.05, 0) is 19.3 Å². The Morgan fingerprint density at radius 3 is 2.50 bits per heavy atom. The number of aliphatic imine (C=N–C) groups is 1. The largest absolute Gasteiger partial charge is 0.383 e. The van der Waals surface area contributed by atoms with Gasteiger partial charge in [-0.15, -0.1) is 0 Å². The number of hydrogen-bond donors (Lipinski definition) is 2. The molecule has 7 nitrogen and oxygen atoms in total. The number of carbonyl (C=O) groups is 1. The van der Waals surface area contributed by atoms with Gasteiger partial charge in [-0.2, -0.15) is 0 Å². The highest BCUT2D eigenvalue weighted by Crippen LogP contribution is 2.20. The molecule has 0 saturated heterocycles. The Labute approximate surface area is 146 Å². The van der Waals surface area contributed by atoms with E-state index in [1.54, 1.807) is 21.2 Å². The van der Waals surface area contributed by atoms with E-state index in [9.17, 15) is 4.79 Å². The molecule has 1 aliphatic rings. The standard InChI is InChI=1S/C17H34N4O3/c1-21(2)16(22)14-20-17(19-11-13-23-3)18-10-7-12-24-15-8-5-4-6-9-15/h15H,4-14H2,1-3H3,(H2,18,19,20). The molecule has 0 aliphatic heterocycles. The molecule has 1 saturated carbocycles. The van der Waals surface area contributed by atoms with Crippen LogP contribution in [0.4, 0.5) is 0 Å². The number of guanidine groups is 1. The fourth-order valence-electron chi connectivity index (χ4n) is 2.49. The zero-order chi connectivity index (χ0) is 17.6. The highest BCUT2D eigenvalue weighted by molar-refractivity contribution is 5.84. The molecule has 0 aromatic heterocycles. The quantitative estimate of drug-likeness (QED) is 0.352. The molecular formula is C17H34N4O3. The summed E-state index contributed by atoms with van der Waals surface area (Å²) < 4.78 is 10.9. The third-order valence-corrected chi connectivity index (χ3v) is 3.99. The first kappa shape index (κ1) is 20.7. The average molecular weight is 342 g/mol. The van der Waals surface area contributed by atoms with Crippen molar-refractivity contribution in [1.29, 1.82) is 0 Å². The van der Waals surface area contributed by atoms with Gasteiger partial charge in [-0.1, -0.05) is 19.3 Å². The van der Waals surface area contributed by atoms with E-state index in [1.807, 2.05) is 0 Å². The first-order chi connectivity index (χ1) is 11.6. The van der Waals surface area contributed by atoms with E-state index in [0.29, 0.717) is 25.2 Å². The molecule has 0 bridgehead atoms. The maximum Gasteiger partial charge on any atom is 0.243 e. The van der Waals surface area contributed by atoms with E-state index >= 15 is 0 Å². The molecule has 2 N–H and O–H groups in total. The van der Waals surface area contributed by atoms with Crippen molar-refractivity contribution in [3.63, 3.8) is 0 Å². The fraction of sp³-hybridized carbons (Fsp3) is 0.882. The van der Waals surface area contributed by atoms with Gasteiger partial charge in [0, 0.05) is 40.9 Å². The predicted octanol–water partition coefficient (Wildman–Crippen LogP) is 0.996. The van der Waals surface area contributed by atoms with Crippen LogP contribution in [0.5, 0.6) is 0 Å². The molecule has 0 heterocycles. The molecule has 1 rings (SSSR count). The fourth-order valence-corrected chi connectivity index (χ4v) is 2.49. The van der Waals surface area contributed by atoms with Crippen molar-refractivity contribution in [1.82, 2.24) is 15.5 Å². The summed E-state index contributed by atoms with van der Waals surface area (Å²) >= 11 is 0. The molecule has 1 amide bonds. The second-order valence-corrected chi connectivity index (χ2v) is 6.28. The van der Waals surface area contributed by atoms with E-state index in [4.69, 9.17) is 9.47 Å². The second kappa shape index (κ2) is 13.0. The van der Waals surface area contributed by atoms with Crippen LogP contribution in [0, 0.1) is 0 Å². The monoisotopic (exact) mass is 342 g/mol. The van der Waals surface area contributed by atoms with Crippen LogP contribution in [-0.4, -0.2) is 76.9 Å². The summed E-state index contributed by atoms with van der Waals surface area (Å²) in [5.74, 6) is 0.614. The maximum atomic E-state index is 11.6. The summed E-state index contributed by atoms with van der Waals surface area (Å²) in [6, 6.07) is 0. The van der Waals surface area contributed by atoms with Crippen LogP contribution in [0.1, 0.15) is 38.5 Å². The van der Waals surface area contributed by atoms with Crippen molar-refractivity contribution in [2.45, 2.75) is 44.6 Å². The summed E-state index contributed by atoms with van der Waals surface area (Å²) in [5, 5.41) is 6.40. The Balaban J connectivity index is 2.24. The Morgan fingerprint density at radius 1 is 1.12 bits per heavy atom. The molecule has 0 aromatic rings. The number of carbonyl (C=O) groups excluding carboxylic acids is 1. The number of hydrogen-bond acceptors (Lipinski definition) is 4. The first-order valence-electron chi connectivity index (χ1n) is 8.96. The molecule has 24 heavy (non-hydrogen) atoms. The van der Waals surface area contributed by atoms with Crippen LogP contribution in [0.3, 0.4) is 0 Å². The topological polar surface area (TPSA) is 75.2 Å². The molecule has 1 aliphatic carbocycles. The lowest BCUT2D eigenvalue weighted by atomic mass is 9.98. The third-order valence-electron chi connectivity index (χ3n) is 3.99.